The Kier molecular flexibility index (Phi) is 9.46. The molecule has 1 aliphatic rings. The highest BCUT2D eigenvalue weighted by atomic mass is 16.5. The molecule has 43 heavy (non-hydrogen) atoms. The number of nitrogens with one attached hydrogen (secondary N) is 2. The second-order valence-electron chi connectivity index (χ2n) is 9.55. The molecular formula is C32H29N3O8. The van der Waals surface area contributed by atoms with Crippen molar-refractivity contribution >= 4 is 47.3 Å². The first kappa shape index (κ1) is 30.4. The minimum Gasteiger partial charge on any atom is -0.464 e. The second-order valence-corrected chi connectivity index (χ2v) is 9.55. The van der Waals surface area contributed by atoms with Gasteiger partial charge < -0.3 is 20.1 Å². The van der Waals surface area contributed by atoms with Crippen LogP contribution in [0.2, 0.25) is 0 Å². The molecule has 0 aliphatic carbocycles. The summed E-state index contributed by atoms with van der Waals surface area (Å²) < 4.78 is 10.2. The van der Waals surface area contributed by atoms with Gasteiger partial charge in [0.2, 0.25) is 5.91 Å². The van der Waals surface area contributed by atoms with Crippen LogP contribution in [0.4, 0.5) is 5.69 Å². The summed E-state index contributed by atoms with van der Waals surface area (Å²) in [5.41, 5.74) is 2.00. The molecule has 220 valence electrons. The molecule has 4 rings (SSSR count). The van der Waals surface area contributed by atoms with E-state index in [1.165, 1.54) is 32.1 Å². The molecule has 3 aromatic rings. The number of carbonyl (C=O) groups is 6. The SMILES string of the molecule is CCOC(=O)C(Cc1ccc(NC(=O)/C(=C/c2ccc(OC(C)=O)cc2)NC(C)=O)cc1)N1C(=O)c2ccccc2C1=O. The monoisotopic (exact) mass is 583 g/mol. The topological polar surface area (TPSA) is 148 Å². The first-order valence-corrected chi connectivity index (χ1v) is 13.4. The van der Waals surface area contributed by atoms with Gasteiger partial charge in [0.1, 0.15) is 17.5 Å². The molecule has 11 heteroatoms. The number of anilines is 1. The van der Waals surface area contributed by atoms with Crippen molar-refractivity contribution < 1.29 is 38.2 Å². The number of esters is 2. The molecule has 0 aromatic heterocycles. The summed E-state index contributed by atoms with van der Waals surface area (Å²) in [5.74, 6) is -3.02. The molecule has 3 aromatic carbocycles. The Hall–Kier alpha value is -5.58. The molecule has 4 amide bonds. The van der Waals surface area contributed by atoms with Crippen LogP contribution in [0.15, 0.2) is 78.5 Å². The largest absolute Gasteiger partial charge is 0.464 e. The van der Waals surface area contributed by atoms with E-state index in [2.05, 4.69) is 10.6 Å². The Morgan fingerprint density at radius 3 is 2.00 bits per heavy atom. The lowest BCUT2D eigenvalue weighted by atomic mass is 10.0. The molecule has 0 saturated carbocycles. The second kappa shape index (κ2) is 13.4. The number of fused-ring (bicyclic) bond motifs is 1. The van der Waals surface area contributed by atoms with E-state index in [0.717, 1.165) is 4.90 Å². The van der Waals surface area contributed by atoms with Crippen LogP contribution in [0.3, 0.4) is 0 Å². The van der Waals surface area contributed by atoms with Crippen LogP contribution in [0.1, 0.15) is 52.6 Å². The zero-order valence-electron chi connectivity index (χ0n) is 23.7. The Morgan fingerprint density at radius 1 is 0.860 bits per heavy atom. The van der Waals surface area contributed by atoms with Crippen LogP contribution >= 0.6 is 0 Å². The van der Waals surface area contributed by atoms with Gasteiger partial charge in [-0.2, -0.15) is 0 Å². The van der Waals surface area contributed by atoms with E-state index in [4.69, 9.17) is 9.47 Å². The molecule has 0 spiro atoms. The third kappa shape index (κ3) is 7.39. The third-order valence-corrected chi connectivity index (χ3v) is 6.34. The number of carbonyl (C=O) groups excluding carboxylic acids is 6. The fourth-order valence-electron chi connectivity index (χ4n) is 4.47. The van der Waals surface area contributed by atoms with Crippen LogP contribution in [0, 0.1) is 0 Å². The first-order chi connectivity index (χ1) is 20.6. The van der Waals surface area contributed by atoms with Crippen LogP contribution in [-0.2, 0) is 30.3 Å². The molecule has 1 heterocycles. The smallest absolute Gasteiger partial charge is 0.329 e. The molecule has 11 nitrogen and oxygen atoms in total. The van der Waals surface area contributed by atoms with Crippen molar-refractivity contribution in [2.24, 2.45) is 0 Å². The van der Waals surface area contributed by atoms with Gasteiger partial charge in [0.15, 0.2) is 0 Å². The van der Waals surface area contributed by atoms with E-state index in [0.29, 0.717) is 22.6 Å². The lowest BCUT2D eigenvalue weighted by Gasteiger charge is -2.24. The molecule has 0 fully saturated rings. The van der Waals surface area contributed by atoms with Crippen molar-refractivity contribution in [3.8, 4) is 5.75 Å². The van der Waals surface area contributed by atoms with E-state index in [1.807, 2.05) is 0 Å². The first-order valence-electron chi connectivity index (χ1n) is 13.4. The van der Waals surface area contributed by atoms with Gasteiger partial charge in [0.05, 0.1) is 17.7 Å². The van der Waals surface area contributed by atoms with Crippen molar-refractivity contribution in [1.29, 1.82) is 0 Å². The number of hydrogen-bond donors (Lipinski definition) is 2. The number of hydrogen-bond acceptors (Lipinski definition) is 8. The maximum absolute atomic E-state index is 13.0. The van der Waals surface area contributed by atoms with E-state index in [-0.39, 0.29) is 29.9 Å². The molecular weight excluding hydrogens is 554 g/mol. The summed E-state index contributed by atoms with van der Waals surface area (Å²) in [6, 6.07) is 18.0. The summed E-state index contributed by atoms with van der Waals surface area (Å²) in [6.45, 7) is 4.27. The van der Waals surface area contributed by atoms with Gasteiger partial charge >= 0.3 is 11.9 Å². The Balaban J connectivity index is 1.50. The van der Waals surface area contributed by atoms with Gasteiger partial charge in [-0.1, -0.05) is 36.4 Å². The molecule has 1 unspecified atom stereocenters. The zero-order valence-corrected chi connectivity index (χ0v) is 23.7. The minimum atomic E-state index is -1.19. The number of benzene rings is 3. The van der Waals surface area contributed by atoms with Crippen molar-refractivity contribution in [3.05, 3.63) is 101 Å². The number of amides is 4. The predicted octanol–water partition coefficient (Wildman–Crippen LogP) is 3.50. The van der Waals surface area contributed by atoms with Gasteiger partial charge in [-0.05, 0) is 60.5 Å². The van der Waals surface area contributed by atoms with Crippen LogP contribution in [0.25, 0.3) is 6.08 Å². The van der Waals surface area contributed by atoms with E-state index < -0.39 is 41.6 Å². The summed E-state index contributed by atoms with van der Waals surface area (Å²) in [7, 11) is 0. The molecule has 0 saturated heterocycles. The Morgan fingerprint density at radius 2 is 1.47 bits per heavy atom. The van der Waals surface area contributed by atoms with Crippen molar-refractivity contribution in [2.45, 2.75) is 33.2 Å². The fourth-order valence-corrected chi connectivity index (χ4v) is 4.47. The average molecular weight is 584 g/mol. The van der Waals surface area contributed by atoms with Gasteiger partial charge in [-0.3, -0.25) is 28.9 Å². The molecule has 0 radical (unpaired) electrons. The molecule has 1 atom stereocenters. The number of ether oxygens (including phenoxy) is 2. The highest BCUT2D eigenvalue weighted by Gasteiger charge is 2.43. The lowest BCUT2D eigenvalue weighted by Crippen LogP contribution is -2.47. The van der Waals surface area contributed by atoms with Crippen LogP contribution < -0.4 is 15.4 Å². The zero-order chi connectivity index (χ0) is 31.1. The summed E-state index contributed by atoms with van der Waals surface area (Å²) >= 11 is 0. The maximum Gasteiger partial charge on any atom is 0.329 e. The van der Waals surface area contributed by atoms with Crippen molar-refractivity contribution in [2.75, 3.05) is 11.9 Å². The quantitative estimate of drug-likeness (QED) is 0.160. The number of nitrogens with zero attached hydrogens (tertiary/aromatic N) is 1. The molecule has 2 N–H and O–H groups in total. The maximum atomic E-state index is 13.0. The Labute approximate surface area is 247 Å². The molecule has 1 aliphatic heterocycles. The minimum absolute atomic E-state index is 0.00108. The average Bonchev–Trinajstić information content (AvgIpc) is 3.22. The van der Waals surface area contributed by atoms with E-state index >= 15 is 0 Å². The van der Waals surface area contributed by atoms with Gasteiger partial charge in [-0.25, -0.2) is 4.79 Å². The lowest BCUT2D eigenvalue weighted by molar-refractivity contribution is -0.147. The van der Waals surface area contributed by atoms with Crippen molar-refractivity contribution in [3.63, 3.8) is 0 Å². The summed E-state index contributed by atoms with van der Waals surface area (Å²) in [5, 5.41) is 5.22. The summed E-state index contributed by atoms with van der Waals surface area (Å²) in [6.07, 6.45) is 1.47. The Bertz CT molecular complexity index is 1580. The van der Waals surface area contributed by atoms with Gasteiger partial charge in [0.25, 0.3) is 17.7 Å². The highest BCUT2D eigenvalue weighted by Crippen LogP contribution is 2.27. The van der Waals surface area contributed by atoms with E-state index in [9.17, 15) is 28.8 Å². The predicted molar refractivity (Wildman–Crippen MR) is 156 cm³/mol. The summed E-state index contributed by atoms with van der Waals surface area (Å²) in [4.78, 5) is 75.9. The number of rotatable bonds is 10. The highest BCUT2D eigenvalue weighted by molar-refractivity contribution is 6.22. The third-order valence-electron chi connectivity index (χ3n) is 6.34. The van der Waals surface area contributed by atoms with E-state index in [1.54, 1.807) is 67.6 Å². The molecule has 0 bridgehead atoms. The van der Waals surface area contributed by atoms with Crippen LogP contribution in [-0.4, -0.2) is 53.1 Å². The number of imide groups is 1. The van der Waals surface area contributed by atoms with Gasteiger partial charge in [0, 0.05) is 26.0 Å². The van der Waals surface area contributed by atoms with Crippen molar-refractivity contribution in [1.82, 2.24) is 10.2 Å². The normalized spacial score (nSPS) is 13.2. The fraction of sp³-hybridized carbons (Fsp3) is 0.188. The van der Waals surface area contributed by atoms with Gasteiger partial charge in [-0.15, -0.1) is 0 Å². The van der Waals surface area contributed by atoms with Crippen LogP contribution in [0.5, 0.6) is 5.75 Å². The standard InChI is InChI=1S/C32H29N3O8/c1-4-42-32(41)28(35-30(39)25-7-5-6-8-26(25)31(35)40)18-22-9-13-23(14-10-22)34-29(38)27(33-19(2)36)17-21-11-15-24(16-12-21)43-20(3)37/h5-17,28H,4,18H2,1-3H3,(H,33,36)(H,34,38)/b27-17-.